The Morgan fingerprint density at radius 3 is 2.76 bits per heavy atom. The molecule has 1 aromatic rings. The summed E-state index contributed by atoms with van der Waals surface area (Å²) in [7, 11) is 0. The number of rotatable bonds is 3. The molecule has 0 aliphatic carbocycles. The van der Waals surface area contributed by atoms with Crippen LogP contribution in [0.5, 0.6) is 5.75 Å². The third-order valence-corrected chi connectivity index (χ3v) is 3.14. The topological polar surface area (TPSA) is 69.6 Å². The summed E-state index contributed by atoms with van der Waals surface area (Å²) in [4.78, 5) is 25.2. The third kappa shape index (κ3) is 2.82. The van der Waals surface area contributed by atoms with E-state index in [9.17, 15) is 19.1 Å². The van der Waals surface area contributed by atoms with Crippen molar-refractivity contribution in [3.63, 3.8) is 0 Å². The highest BCUT2D eigenvalue weighted by atomic mass is 32.1. The molecular formula is C14H11FN2O3S. The van der Waals surface area contributed by atoms with Gasteiger partial charge in [-0.15, -0.1) is 6.58 Å². The van der Waals surface area contributed by atoms with E-state index in [4.69, 9.17) is 12.2 Å². The van der Waals surface area contributed by atoms with Crippen LogP contribution in [0.3, 0.4) is 0 Å². The van der Waals surface area contributed by atoms with Crippen LogP contribution in [0.15, 0.2) is 36.4 Å². The van der Waals surface area contributed by atoms with Crippen LogP contribution >= 0.6 is 12.2 Å². The predicted octanol–water partition coefficient (Wildman–Crippen LogP) is 1.34. The number of phenols is 1. The summed E-state index contributed by atoms with van der Waals surface area (Å²) in [5, 5.41) is 11.9. The van der Waals surface area contributed by atoms with Gasteiger partial charge in [0.1, 0.15) is 17.1 Å². The number of hydrogen-bond donors (Lipinski definition) is 2. The molecule has 1 aromatic carbocycles. The van der Waals surface area contributed by atoms with Gasteiger partial charge in [-0.3, -0.25) is 19.8 Å². The Labute approximate surface area is 125 Å². The number of aromatic hydroxyl groups is 1. The maximum atomic E-state index is 13.7. The van der Waals surface area contributed by atoms with Crippen LogP contribution in [-0.2, 0) is 9.59 Å². The van der Waals surface area contributed by atoms with Gasteiger partial charge in [0, 0.05) is 6.54 Å². The van der Waals surface area contributed by atoms with Crippen molar-refractivity contribution in [3.8, 4) is 5.75 Å². The number of carbonyl (C=O) groups is 2. The van der Waals surface area contributed by atoms with Gasteiger partial charge in [-0.1, -0.05) is 12.1 Å². The van der Waals surface area contributed by atoms with Crippen molar-refractivity contribution >= 4 is 35.2 Å². The van der Waals surface area contributed by atoms with Crippen LogP contribution in [0, 0.1) is 5.82 Å². The van der Waals surface area contributed by atoms with E-state index in [1.54, 1.807) is 0 Å². The van der Waals surface area contributed by atoms with E-state index in [-0.39, 0.29) is 28.5 Å². The average molecular weight is 306 g/mol. The normalized spacial score (nSPS) is 17.1. The van der Waals surface area contributed by atoms with Crippen LogP contribution in [0.1, 0.15) is 5.56 Å². The number of nitrogens with zero attached hydrogens (tertiary/aromatic N) is 1. The molecule has 2 amide bonds. The Morgan fingerprint density at radius 1 is 1.43 bits per heavy atom. The van der Waals surface area contributed by atoms with Crippen molar-refractivity contribution < 1.29 is 19.1 Å². The summed E-state index contributed by atoms with van der Waals surface area (Å²) < 4.78 is 13.7. The number of halogens is 1. The van der Waals surface area contributed by atoms with Crippen molar-refractivity contribution in [2.75, 3.05) is 6.54 Å². The molecule has 7 heteroatoms. The Kier molecular flexibility index (Phi) is 4.13. The van der Waals surface area contributed by atoms with Gasteiger partial charge in [-0.2, -0.15) is 0 Å². The zero-order chi connectivity index (χ0) is 15.6. The van der Waals surface area contributed by atoms with Gasteiger partial charge in [0.25, 0.3) is 11.8 Å². The van der Waals surface area contributed by atoms with E-state index in [2.05, 4.69) is 11.9 Å². The van der Waals surface area contributed by atoms with E-state index in [0.717, 1.165) is 17.0 Å². The smallest absolute Gasteiger partial charge is 0.265 e. The Bertz CT molecular complexity index is 665. The first-order valence-electron chi connectivity index (χ1n) is 5.93. The number of benzene rings is 1. The fraction of sp³-hybridized carbons (Fsp3) is 0.0714. The summed E-state index contributed by atoms with van der Waals surface area (Å²) in [6.45, 7) is 3.60. The Balaban J connectivity index is 2.48. The molecule has 0 bridgehead atoms. The monoisotopic (exact) mass is 306 g/mol. The molecule has 0 radical (unpaired) electrons. The highest BCUT2D eigenvalue weighted by Gasteiger charge is 2.33. The quantitative estimate of drug-likeness (QED) is 0.383. The lowest BCUT2D eigenvalue weighted by Crippen LogP contribution is -2.53. The van der Waals surface area contributed by atoms with Gasteiger partial charge < -0.3 is 5.11 Å². The second-order valence-corrected chi connectivity index (χ2v) is 4.58. The SMILES string of the molecule is C=CCN1C(=O)/C(=C/c2c(O)cccc2F)C(=O)NC1=S. The molecule has 0 atom stereocenters. The van der Waals surface area contributed by atoms with Crippen molar-refractivity contribution in [3.05, 3.63) is 47.8 Å². The Hall–Kier alpha value is -2.54. The van der Waals surface area contributed by atoms with Gasteiger partial charge in [-0.25, -0.2) is 4.39 Å². The molecule has 0 spiro atoms. The zero-order valence-corrected chi connectivity index (χ0v) is 11.6. The first-order chi connectivity index (χ1) is 9.95. The minimum absolute atomic E-state index is 0.0418. The number of phenolic OH excluding ortho intramolecular Hbond substituents is 1. The number of carbonyl (C=O) groups excluding carboxylic acids is 2. The first-order valence-corrected chi connectivity index (χ1v) is 6.33. The first kappa shape index (κ1) is 14.9. The van der Waals surface area contributed by atoms with Crippen LogP contribution < -0.4 is 5.32 Å². The van der Waals surface area contributed by atoms with Crippen molar-refractivity contribution in [2.45, 2.75) is 0 Å². The van der Waals surface area contributed by atoms with Crippen LogP contribution in [-0.4, -0.2) is 33.5 Å². The van der Waals surface area contributed by atoms with Crippen molar-refractivity contribution in [1.82, 2.24) is 10.2 Å². The summed E-state index contributed by atoms with van der Waals surface area (Å²) in [5.41, 5.74) is -0.548. The lowest BCUT2D eigenvalue weighted by molar-refractivity contribution is -0.128. The molecule has 1 saturated heterocycles. The third-order valence-electron chi connectivity index (χ3n) is 2.82. The molecule has 5 nitrogen and oxygen atoms in total. The van der Waals surface area contributed by atoms with Gasteiger partial charge >= 0.3 is 0 Å². The molecule has 1 aliphatic heterocycles. The van der Waals surface area contributed by atoms with Gasteiger partial charge in [0.05, 0.1) is 5.56 Å². The molecule has 1 heterocycles. The summed E-state index contributed by atoms with van der Waals surface area (Å²) >= 11 is 4.89. The minimum Gasteiger partial charge on any atom is -0.507 e. The molecule has 0 unspecified atom stereocenters. The maximum Gasteiger partial charge on any atom is 0.265 e. The van der Waals surface area contributed by atoms with Gasteiger partial charge in [0.2, 0.25) is 0 Å². The summed E-state index contributed by atoms with van der Waals surface area (Å²) in [5.74, 6) is -2.53. The number of hydrogen-bond acceptors (Lipinski definition) is 4. The molecule has 21 heavy (non-hydrogen) atoms. The number of nitrogens with one attached hydrogen (secondary N) is 1. The largest absolute Gasteiger partial charge is 0.507 e. The standard InChI is InChI=1S/C14H11FN2O3S/c1-2-6-17-13(20)9(12(19)16-14(17)21)7-8-10(15)4-3-5-11(8)18/h2-5,7,18H,1,6H2,(H,16,19,21)/b9-7+. The van der Waals surface area contributed by atoms with Crippen LogP contribution in [0.25, 0.3) is 6.08 Å². The second-order valence-electron chi connectivity index (χ2n) is 4.19. The van der Waals surface area contributed by atoms with Crippen LogP contribution in [0.2, 0.25) is 0 Å². The lowest BCUT2D eigenvalue weighted by atomic mass is 10.1. The molecule has 1 fully saturated rings. The van der Waals surface area contributed by atoms with E-state index >= 15 is 0 Å². The Morgan fingerprint density at radius 2 is 2.14 bits per heavy atom. The fourth-order valence-corrected chi connectivity index (χ4v) is 2.05. The lowest BCUT2D eigenvalue weighted by Gasteiger charge is -2.27. The average Bonchev–Trinajstić information content (AvgIpc) is 2.42. The molecule has 2 rings (SSSR count). The fourth-order valence-electron chi connectivity index (χ4n) is 1.80. The van der Waals surface area contributed by atoms with Crippen molar-refractivity contribution in [2.24, 2.45) is 0 Å². The predicted molar refractivity (Wildman–Crippen MR) is 78.7 cm³/mol. The van der Waals surface area contributed by atoms with Gasteiger partial charge in [-0.05, 0) is 30.4 Å². The molecule has 1 aliphatic rings. The van der Waals surface area contributed by atoms with E-state index < -0.39 is 17.6 Å². The molecule has 108 valence electrons. The van der Waals surface area contributed by atoms with Crippen molar-refractivity contribution in [1.29, 1.82) is 0 Å². The molecule has 0 saturated carbocycles. The van der Waals surface area contributed by atoms with E-state index in [0.29, 0.717) is 0 Å². The second kappa shape index (κ2) is 5.84. The van der Waals surface area contributed by atoms with Gasteiger partial charge in [0.15, 0.2) is 5.11 Å². The highest BCUT2D eigenvalue weighted by molar-refractivity contribution is 7.80. The van der Waals surface area contributed by atoms with Crippen LogP contribution in [0.4, 0.5) is 4.39 Å². The molecule has 0 aromatic heterocycles. The van der Waals surface area contributed by atoms with E-state index in [1.165, 1.54) is 18.2 Å². The number of thiocarbonyl (C=S) groups is 1. The summed E-state index contributed by atoms with van der Waals surface area (Å²) in [6, 6.07) is 3.69. The molecular weight excluding hydrogens is 295 g/mol. The summed E-state index contributed by atoms with van der Waals surface area (Å²) in [6.07, 6.45) is 2.44. The highest BCUT2D eigenvalue weighted by Crippen LogP contribution is 2.24. The molecule has 2 N–H and O–H groups in total. The van der Waals surface area contributed by atoms with E-state index in [1.807, 2.05) is 0 Å². The minimum atomic E-state index is -0.744. The maximum absolute atomic E-state index is 13.7. The number of amides is 2. The zero-order valence-electron chi connectivity index (χ0n) is 10.8.